The van der Waals surface area contributed by atoms with Crippen LogP contribution >= 0.6 is 0 Å². The van der Waals surface area contributed by atoms with E-state index in [1.54, 1.807) is 0 Å². The summed E-state index contributed by atoms with van der Waals surface area (Å²) in [4.78, 5) is 6.97. The minimum atomic E-state index is 0.535. The Morgan fingerprint density at radius 1 is 1.44 bits per heavy atom. The number of piperidine rings is 1. The largest absolute Gasteiger partial charge is 0.478 e. The molecular weight excluding hydrogens is 226 g/mol. The molecule has 18 heavy (non-hydrogen) atoms. The van der Waals surface area contributed by atoms with Crippen LogP contribution in [0.3, 0.4) is 0 Å². The molecular formula is C14H23N3O. The lowest BCUT2D eigenvalue weighted by atomic mass is 9.99. The van der Waals surface area contributed by atoms with E-state index in [0.29, 0.717) is 18.5 Å². The molecule has 0 bridgehead atoms. The number of aromatic nitrogens is 1. The smallest absolute Gasteiger partial charge is 0.215 e. The highest BCUT2D eigenvalue weighted by atomic mass is 16.5. The van der Waals surface area contributed by atoms with Crippen LogP contribution in [0.2, 0.25) is 0 Å². The van der Waals surface area contributed by atoms with Crippen molar-refractivity contribution in [2.75, 3.05) is 24.6 Å². The second kappa shape index (κ2) is 6.59. The van der Waals surface area contributed by atoms with Crippen molar-refractivity contribution in [1.29, 1.82) is 0 Å². The molecule has 0 aromatic carbocycles. The van der Waals surface area contributed by atoms with Gasteiger partial charge in [-0.15, -0.1) is 0 Å². The summed E-state index contributed by atoms with van der Waals surface area (Å²) < 4.78 is 5.47. The quantitative estimate of drug-likeness (QED) is 0.869. The average molecular weight is 249 g/mol. The van der Waals surface area contributed by atoms with Gasteiger partial charge in [0.05, 0.1) is 6.61 Å². The predicted octanol–water partition coefficient (Wildman–Crippen LogP) is 2.19. The first kappa shape index (κ1) is 13.1. The lowest BCUT2D eigenvalue weighted by Crippen LogP contribution is -2.41. The van der Waals surface area contributed by atoms with Crippen LogP contribution in [-0.4, -0.2) is 30.7 Å². The Morgan fingerprint density at radius 3 is 3.11 bits per heavy atom. The third-order valence-corrected chi connectivity index (χ3v) is 3.42. The Morgan fingerprint density at radius 2 is 2.33 bits per heavy atom. The van der Waals surface area contributed by atoms with Gasteiger partial charge in [0.2, 0.25) is 5.88 Å². The summed E-state index contributed by atoms with van der Waals surface area (Å²) in [6, 6.07) is 6.53. The monoisotopic (exact) mass is 249 g/mol. The Hall–Kier alpha value is -1.29. The molecule has 100 valence electrons. The molecule has 0 spiro atoms. The van der Waals surface area contributed by atoms with Gasteiger partial charge in [0.1, 0.15) is 5.82 Å². The van der Waals surface area contributed by atoms with Gasteiger partial charge in [0.15, 0.2) is 0 Å². The van der Waals surface area contributed by atoms with Crippen LogP contribution < -0.4 is 15.4 Å². The number of ether oxygens (including phenoxy) is 1. The molecule has 0 aliphatic carbocycles. The Balaban J connectivity index is 2.14. The fourth-order valence-corrected chi connectivity index (χ4v) is 2.59. The molecule has 2 rings (SSSR count). The fraction of sp³-hybridized carbons (Fsp3) is 0.643. The van der Waals surface area contributed by atoms with Gasteiger partial charge >= 0.3 is 0 Å². The van der Waals surface area contributed by atoms with Gasteiger partial charge in [0.25, 0.3) is 0 Å². The first-order chi connectivity index (χ1) is 8.85. The number of nitrogens with two attached hydrogens (primary N) is 1. The highest BCUT2D eigenvalue weighted by Gasteiger charge is 2.22. The van der Waals surface area contributed by atoms with Crippen molar-refractivity contribution in [3.63, 3.8) is 0 Å². The highest BCUT2D eigenvalue weighted by Crippen LogP contribution is 2.26. The lowest BCUT2D eigenvalue weighted by Gasteiger charge is -2.36. The second-order valence-electron chi connectivity index (χ2n) is 4.69. The zero-order chi connectivity index (χ0) is 12.8. The topological polar surface area (TPSA) is 51.4 Å². The van der Waals surface area contributed by atoms with Crippen LogP contribution in [-0.2, 0) is 0 Å². The van der Waals surface area contributed by atoms with E-state index in [1.807, 2.05) is 19.1 Å². The van der Waals surface area contributed by atoms with Crippen molar-refractivity contribution in [2.24, 2.45) is 5.73 Å². The number of rotatable bonds is 5. The van der Waals surface area contributed by atoms with E-state index in [2.05, 4.69) is 16.0 Å². The minimum Gasteiger partial charge on any atom is -0.478 e. The van der Waals surface area contributed by atoms with Crippen molar-refractivity contribution in [2.45, 2.75) is 38.6 Å². The van der Waals surface area contributed by atoms with Gasteiger partial charge in [-0.3, -0.25) is 0 Å². The minimum absolute atomic E-state index is 0.535. The molecule has 1 unspecified atom stereocenters. The zero-order valence-corrected chi connectivity index (χ0v) is 11.1. The van der Waals surface area contributed by atoms with E-state index in [-0.39, 0.29) is 0 Å². The van der Waals surface area contributed by atoms with Crippen molar-refractivity contribution >= 4 is 5.82 Å². The molecule has 0 amide bonds. The van der Waals surface area contributed by atoms with Crippen molar-refractivity contribution in [3.05, 3.63) is 18.2 Å². The first-order valence-electron chi connectivity index (χ1n) is 6.91. The number of hydrogen-bond acceptors (Lipinski definition) is 4. The SMILES string of the molecule is CCOc1cccc(N2CCCCC2CCN)n1. The van der Waals surface area contributed by atoms with Crippen LogP contribution in [0.5, 0.6) is 5.88 Å². The number of anilines is 1. The molecule has 0 saturated carbocycles. The first-order valence-corrected chi connectivity index (χ1v) is 6.91. The van der Waals surface area contributed by atoms with Crippen molar-refractivity contribution in [3.8, 4) is 5.88 Å². The Bertz CT molecular complexity index is 368. The van der Waals surface area contributed by atoms with Crippen LogP contribution in [0.15, 0.2) is 18.2 Å². The summed E-state index contributed by atoms with van der Waals surface area (Å²) in [5.74, 6) is 1.74. The second-order valence-corrected chi connectivity index (χ2v) is 4.69. The summed E-state index contributed by atoms with van der Waals surface area (Å²) >= 11 is 0. The predicted molar refractivity (Wildman–Crippen MR) is 74.1 cm³/mol. The summed E-state index contributed by atoms with van der Waals surface area (Å²) in [6.07, 6.45) is 4.80. The average Bonchev–Trinajstić information content (AvgIpc) is 2.40. The van der Waals surface area contributed by atoms with Crippen molar-refractivity contribution < 1.29 is 4.74 Å². The van der Waals surface area contributed by atoms with E-state index in [4.69, 9.17) is 10.5 Å². The lowest BCUT2D eigenvalue weighted by molar-refractivity contribution is 0.326. The summed E-state index contributed by atoms with van der Waals surface area (Å²) in [5, 5.41) is 0. The fourth-order valence-electron chi connectivity index (χ4n) is 2.59. The molecule has 0 radical (unpaired) electrons. The normalized spacial score (nSPS) is 19.9. The summed E-state index contributed by atoms with van der Waals surface area (Å²) in [5.41, 5.74) is 5.71. The summed E-state index contributed by atoms with van der Waals surface area (Å²) in [6.45, 7) is 4.45. The standard InChI is InChI=1S/C14H23N3O/c1-2-18-14-8-5-7-13(16-14)17-11-4-3-6-12(17)9-10-15/h5,7-8,12H,2-4,6,9-11,15H2,1H3. The van der Waals surface area contributed by atoms with Gasteiger partial charge < -0.3 is 15.4 Å². The third kappa shape index (κ3) is 3.13. The molecule has 1 fully saturated rings. The number of nitrogens with zero attached hydrogens (tertiary/aromatic N) is 2. The Labute approximate surface area is 109 Å². The Kier molecular flexibility index (Phi) is 4.81. The molecule has 1 aromatic heterocycles. The van der Waals surface area contributed by atoms with Gasteiger partial charge in [-0.05, 0) is 45.2 Å². The molecule has 1 atom stereocenters. The molecule has 2 N–H and O–H groups in total. The molecule has 4 heteroatoms. The van der Waals surface area contributed by atoms with Gasteiger partial charge in [-0.2, -0.15) is 4.98 Å². The maximum absolute atomic E-state index is 5.71. The van der Waals surface area contributed by atoms with Crippen molar-refractivity contribution in [1.82, 2.24) is 4.98 Å². The number of pyridine rings is 1. The molecule has 4 nitrogen and oxygen atoms in total. The zero-order valence-electron chi connectivity index (χ0n) is 11.1. The summed E-state index contributed by atoms with van der Waals surface area (Å²) in [7, 11) is 0. The highest BCUT2D eigenvalue weighted by molar-refractivity contribution is 5.42. The van der Waals surface area contributed by atoms with Gasteiger partial charge in [-0.1, -0.05) is 6.07 Å². The maximum Gasteiger partial charge on any atom is 0.215 e. The van der Waals surface area contributed by atoms with E-state index in [0.717, 1.165) is 25.3 Å². The van der Waals surface area contributed by atoms with Crippen LogP contribution in [0.1, 0.15) is 32.6 Å². The molecule has 1 aliphatic rings. The van der Waals surface area contributed by atoms with Crippen LogP contribution in [0.25, 0.3) is 0 Å². The van der Waals surface area contributed by atoms with E-state index >= 15 is 0 Å². The van der Waals surface area contributed by atoms with Crippen LogP contribution in [0.4, 0.5) is 5.82 Å². The molecule has 1 aliphatic heterocycles. The van der Waals surface area contributed by atoms with Gasteiger partial charge in [-0.25, -0.2) is 0 Å². The number of hydrogen-bond donors (Lipinski definition) is 1. The maximum atomic E-state index is 5.71. The van der Waals surface area contributed by atoms with E-state index in [1.165, 1.54) is 19.3 Å². The molecule has 1 aromatic rings. The molecule has 2 heterocycles. The van der Waals surface area contributed by atoms with E-state index in [9.17, 15) is 0 Å². The van der Waals surface area contributed by atoms with Gasteiger partial charge in [0, 0.05) is 18.7 Å². The third-order valence-electron chi connectivity index (χ3n) is 3.42. The van der Waals surface area contributed by atoms with E-state index < -0.39 is 0 Å². The molecule has 1 saturated heterocycles. The van der Waals surface area contributed by atoms with Crippen LogP contribution in [0, 0.1) is 0 Å².